The number of aromatic hydroxyl groups is 1. The summed E-state index contributed by atoms with van der Waals surface area (Å²) < 4.78 is 5.11. The molecule has 1 fully saturated rings. The number of anilines is 1. The molecular weight excluding hydrogens is 334 g/mol. The number of ether oxygens (including phenoxy) is 1. The maximum Gasteiger partial charge on any atom is 0.245 e. The van der Waals surface area contributed by atoms with Crippen molar-refractivity contribution in [1.82, 2.24) is 5.43 Å². The molecule has 1 atom stereocenters. The number of nitrogens with zero attached hydrogens (tertiary/aromatic N) is 2. The van der Waals surface area contributed by atoms with Crippen molar-refractivity contribution < 1.29 is 19.4 Å². The van der Waals surface area contributed by atoms with Crippen LogP contribution in [0.1, 0.15) is 12.0 Å². The molecule has 0 aromatic heterocycles. The van der Waals surface area contributed by atoms with Crippen LogP contribution in [0.3, 0.4) is 0 Å². The standard InChI is InChI=1S/C19H19N3O4/c1-26-16-8-6-15(7-9-16)22-12-14(10-18(22)24)19(25)21-20-11-13-4-2-3-5-17(13)23/h2-9,11,14,23H,10,12H2,1H3,(H,21,25)/b20-11-/t14-/m1/s1. The van der Waals surface area contributed by atoms with E-state index in [0.717, 1.165) is 5.69 Å². The van der Waals surface area contributed by atoms with Gasteiger partial charge in [0.25, 0.3) is 0 Å². The fraction of sp³-hybridized carbons (Fsp3) is 0.211. The smallest absolute Gasteiger partial charge is 0.245 e. The summed E-state index contributed by atoms with van der Waals surface area (Å²) >= 11 is 0. The second-order valence-corrected chi connectivity index (χ2v) is 5.90. The normalized spacial score (nSPS) is 16.9. The molecule has 7 heteroatoms. The number of para-hydroxylation sites is 1. The van der Waals surface area contributed by atoms with Crippen molar-refractivity contribution in [3.05, 3.63) is 54.1 Å². The molecular formula is C19H19N3O4. The maximum absolute atomic E-state index is 12.3. The largest absolute Gasteiger partial charge is 0.507 e. The molecule has 3 rings (SSSR count). The van der Waals surface area contributed by atoms with Gasteiger partial charge in [0, 0.05) is 24.2 Å². The Morgan fingerprint density at radius 3 is 2.69 bits per heavy atom. The van der Waals surface area contributed by atoms with Crippen molar-refractivity contribution in [2.24, 2.45) is 11.0 Å². The number of hydrogen-bond acceptors (Lipinski definition) is 5. The fourth-order valence-corrected chi connectivity index (χ4v) is 2.75. The number of carbonyl (C=O) groups excluding carboxylic acids is 2. The van der Waals surface area contributed by atoms with Gasteiger partial charge in [0.15, 0.2) is 0 Å². The number of nitrogens with one attached hydrogen (secondary N) is 1. The lowest BCUT2D eigenvalue weighted by atomic mass is 10.1. The zero-order valence-corrected chi connectivity index (χ0v) is 14.3. The fourth-order valence-electron chi connectivity index (χ4n) is 2.75. The van der Waals surface area contributed by atoms with Crippen LogP contribution in [-0.4, -0.2) is 36.8 Å². The molecule has 1 heterocycles. The third kappa shape index (κ3) is 3.83. The molecule has 2 N–H and O–H groups in total. The predicted molar refractivity (Wildman–Crippen MR) is 97.3 cm³/mol. The highest BCUT2D eigenvalue weighted by atomic mass is 16.5. The van der Waals surface area contributed by atoms with E-state index in [-0.39, 0.29) is 24.0 Å². The van der Waals surface area contributed by atoms with E-state index in [2.05, 4.69) is 10.5 Å². The highest BCUT2D eigenvalue weighted by Gasteiger charge is 2.35. The minimum absolute atomic E-state index is 0.0761. The lowest BCUT2D eigenvalue weighted by Gasteiger charge is -2.16. The summed E-state index contributed by atoms with van der Waals surface area (Å²) in [5.41, 5.74) is 3.65. The summed E-state index contributed by atoms with van der Waals surface area (Å²) in [5.74, 6) is -0.146. The number of amides is 2. The van der Waals surface area contributed by atoms with E-state index in [0.29, 0.717) is 17.9 Å². The Kier molecular flexibility index (Phi) is 5.17. The Morgan fingerprint density at radius 1 is 1.27 bits per heavy atom. The van der Waals surface area contributed by atoms with Gasteiger partial charge in [-0.15, -0.1) is 0 Å². The van der Waals surface area contributed by atoms with Crippen molar-refractivity contribution in [2.75, 3.05) is 18.6 Å². The van der Waals surface area contributed by atoms with Crippen LogP contribution in [0.25, 0.3) is 0 Å². The highest BCUT2D eigenvalue weighted by Crippen LogP contribution is 2.26. The van der Waals surface area contributed by atoms with E-state index in [1.54, 1.807) is 54.5 Å². The third-order valence-electron chi connectivity index (χ3n) is 4.20. The average molecular weight is 353 g/mol. The molecule has 2 aromatic carbocycles. The van der Waals surface area contributed by atoms with Gasteiger partial charge in [0.1, 0.15) is 11.5 Å². The molecule has 2 amide bonds. The summed E-state index contributed by atoms with van der Waals surface area (Å²) in [5, 5.41) is 13.5. The summed E-state index contributed by atoms with van der Waals surface area (Å²) in [6.45, 7) is 0.295. The summed E-state index contributed by atoms with van der Waals surface area (Å²) in [6.07, 6.45) is 1.50. The molecule has 0 bridgehead atoms. The molecule has 2 aromatic rings. The van der Waals surface area contributed by atoms with Crippen molar-refractivity contribution in [2.45, 2.75) is 6.42 Å². The number of benzene rings is 2. The van der Waals surface area contributed by atoms with Crippen LogP contribution in [0.2, 0.25) is 0 Å². The minimum Gasteiger partial charge on any atom is -0.507 e. The summed E-state index contributed by atoms with van der Waals surface area (Å²) in [7, 11) is 1.58. The van der Waals surface area contributed by atoms with E-state index < -0.39 is 5.92 Å². The van der Waals surface area contributed by atoms with Crippen LogP contribution >= 0.6 is 0 Å². The van der Waals surface area contributed by atoms with E-state index >= 15 is 0 Å². The first-order valence-electron chi connectivity index (χ1n) is 8.14. The number of phenolic OH excluding ortho intramolecular Hbond substituents is 1. The van der Waals surface area contributed by atoms with Crippen LogP contribution in [-0.2, 0) is 9.59 Å². The molecule has 134 valence electrons. The number of phenols is 1. The van der Waals surface area contributed by atoms with Gasteiger partial charge >= 0.3 is 0 Å². The number of hydrazone groups is 1. The highest BCUT2D eigenvalue weighted by molar-refractivity contribution is 6.00. The van der Waals surface area contributed by atoms with Crippen LogP contribution < -0.4 is 15.1 Å². The molecule has 0 unspecified atom stereocenters. The van der Waals surface area contributed by atoms with E-state index in [9.17, 15) is 14.7 Å². The third-order valence-corrected chi connectivity index (χ3v) is 4.20. The molecule has 0 spiro atoms. The van der Waals surface area contributed by atoms with Gasteiger partial charge < -0.3 is 14.7 Å². The molecule has 0 saturated carbocycles. The summed E-state index contributed by atoms with van der Waals surface area (Å²) in [4.78, 5) is 26.1. The monoisotopic (exact) mass is 353 g/mol. The number of methoxy groups -OCH3 is 1. The molecule has 0 aliphatic carbocycles. The molecule has 1 saturated heterocycles. The van der Waals surface area contributed by atoms with E-state index in [4.69, 9.17) is 4.74 Å². The Morgan fingerprint density at radius 2 is 2.00 bits per heavy atom. The van der Waals surface area contributed by atoms with Gasteiger partial charge in [-0.1, -0.05) is 12.1 Å². The topological polar surface area (TPSA) is 91.2 Å². The van der Waals surface area contributed by atoms with Gasteiger partial charge in [-0.25, -0.2) is 5.43 Å². The van der Waals surface area contributed by atoms with Crippen molar-refractivity contribution in [1.29, 1.82) is 0 Å². The number of rotatable bonds is 5. The maximum atomic E-state index is 12.3. The zero-order valence-electron chi connectivity index (χ0n) is 14.3. The van der Waals surface area contributed by atoms with E-state index in [1.807, 2.05) is 0 Å². The molecule has 1 aliphatic heterocycles. The minimum atomic E-state index is -0.480. The summed E-state index contributed by atoms with van der Waals surface area (Å²) in [6, 6.07) is 13.8. The number of carbonyl (C=O) groups is 2. The van der Waals surface area contributed by atoms with Crippen molar-refractivity contribution in [3.8, 4) is 11.5 Å². The first kappa shape index (κ1) is 17.5. The second-order valence-electron chi connectivity index (χ2n) is 5.90. The first-order chi connectivity index (χ1) is 12.6. The SMILES string of the molecule is COc1ccc(N2C[C@H](C(=O)N/N=C\c3ccccc3O)CC2=O)cc1. The molecule has 7 nitrogen and oxygen atoms in total. The zero-order chi connectivity index (χ0) is 18.5. The van der Waals surface area contributed by atoms with Gasteiger partial charge in [-0.3, -0.25) is 9.59 Å². The quantitative estimate of drug-likeness (QED) is 0.634. The van der Waals surface area contributed by atoms with Crippen LogP contribution in [0, 0.1) is 5.92 Å². The van der Waals surface area contributed by atoms with Gasteiger partial charge in [-0.2, -0.15) is 5.10 Å². The first-order valence-corrected chi connectivity index (χ1v) is 8.14. The van der Waals surface area contributed by atoms with Crippen LogP contribution in [0.4, 0.5) is 5.69 Å². The van der Waals surface area contributed by atoms with Crippen LogP contribution in [0.5, 0.6) is 11.5 Å². The lowest BCUT2D eigenvalue weighted by molar-refractivity contribution is -0.126. The van der Waals surface area contributed by atoms with Crippen molar-refractivity contribution in [3.63, 3.8) is 0 Å². The lowest BCUT2D eigenvalue weighted by Crippen LogP contribution is -2.30. The van der Waals surface area contributed by atoms with Gasteiger partial charge in [-0.05, 0) is 36.4 Å². The van der Waals surface area contributed by atoms with Crippen LogP contribution in [0.15, 0.2) is 53.6 Å². The Bertz CT molecular complexity index is 833. The molecule has 26 heavy (non-hydrogen) atoms. The van der Waals surface area contributed by atoms with Crippen molar-refractivity contribution >= 4 is 23.7 Å². The van der Waals surface area contributed by atoms with Gasteiger partial charge in [0.2, 0.25) is 11.8 Å². The second kappa shape index (κ2) is 7.69. The Balaban J connectivity index is 1.60. The molecule has 1 aliphatic rings. The average Bonchev–Trinajstić information content (AvgIpc) is 3.05. The Hall–Kier alpha value is -3.35. The predicted octanol–water partition coefficient (Wildman–Crippen LogP) is 1.90. The number of hydrogen-bond donors (Lipinski definition) is 2. The molecule has 0 radical (unpaired) electrons. The Labute approximate surface area is 150 Å². The van der Waals surface area contributed by atoms with Gasteiger partial charge in [0.05, 0.1) is 19.2 Å². The van der Waals surface area contributed by atoms with E-state index in [1.165, 1.54) is 12.3 Å².